The van der Waals surface area contributed by atoms with Crippen molar-refractivity contribution in [2.45, 2.75) is 13.3 Å². The van der Waals surface area contributed by atoms with Gasteiger partial charge in [-0.15, -0.1) is 0 Å². The first-order chi connectivity index (χ1) is 7.12. The summed E-state index contributed by atoms with van der Waals surface area (Å²) in [5, 5.41) is 20.6. The molecule has 0 N–H and O–H groups in total. The second kappa shape index (κ2) is 6.43. The van der Waals surface area contributed by atoms with Gasteiger partial charge >= 0.3 is 11.2 Å². The van der Waals surface area contributed by atoms with E-state index in [0.29, 0.717) is 17.5 Å². The van der Waals surface area contributed by atoms with Crippen molar-refractivity contribution in [1.82, 2.24) is 0 Å². The number of hydrogen-bond donors (Lipinski definition) is 0. The lowest BCUT2D eigenvalue weighted by molar-refractivity contribution is -0.380. The van der Waals surface area contributed by atoms with Crippen LogP contribution in [0.25, 0.3) is 0 Å². The Morgan fingerprint density at radius 3 is 2.47 bits per heavy atom. The van der Waals surface area contributed by atoms with Crippen LogP contribution < -0.4 is 0 Å². The third-order valence-electron chi connectivity index (χ3n) is 1.51. The molecule has 0 unspecified atom stereocenters. The normalized spacial score (nSPS) is 8.00. The molecule has 0 aromatic carbocycles. The minimum atomic E-state index is -0.440. The van der Waals surface area contributed by atoms with Gasteiger partial charge in [-0.3, -0.25) is 10.1 Å². The first kappa shape index (κ1) is 13.0. The van der Waals surface area contributed by atoms with Gasteiger partial charge in [-0.25, -0.2) is 0 Å². The Kier molecular flexibility index (Phi) is 5.56. The highest BCUT2D eigenvalue weighted by Crippen LogP contribution is 2.29. The topological polar surface area (TPSA) is 101 Å². The third-order valence-corrected chi connectivity index (χ3v) is 2.48. The highest BCUT2D eigenvalue weighted by molar-refractivity contribution is 7.13. The summed E-state index contributed by atoms with van der Waals surface area (Å²) in [4.78, 5) is 26.2. The van der Waals surface area contributed by atoms with Crippen molar-refractivity contribution < 1.29 is 14.5 Å². The molecule has 7 heteroatoms. The van der Waals surface area contributed by atoms with Crippen LogP contribution in [0.15, 0.2) is 5.38 Å². The van der Waals surface area contributed by atoms with E-state index in [-0.39, 0.29) is 11.2 Å². The van der Waals surface area contributed by atoms with Gasteiger partial charge in [-0.2, -0.15) is 14.9 Å². The van der Waals surface area contributed by atoms with Gasteiger partial charge < -0.3 is 0 Å². The van der Waals surface area contributed by atoms with Crippen LogP contribution in [0.5, 0.6) is 0 Å². The molecular weight excluding hydrogens is 220 g/mol. The zero-order valence-electron chi connectivity index (χ0n) is 7.72. The van der Waals surface area contributed by atoms with Gasteiger partial charge in [0.05, 0.1) is 16.1 Å². The Morgan fingerprint density at radius 1 is 1.60 bits per heavy atom. The molecule has 0 radical (unpaired) electrons. The van der Waals surface area contributed by atoms with E-state index in [1.54, 1.807) is 6.92 Å². The molecule has 0 amide bonds. The Bertz CT molecular complexity index is 426. The standard InChI is InChI=1S/C7H6N2O2S.CO2/c1-2-6-5(3-8)4-12-7(6)9(10)11;2-1-3/h4H,2H2,1H3;. The van der Waals surface area contributed by atoms with Gasteiger partial charge in [0.15, 0.2) is 0 Å². The van der Waals surface area contributed by atoms with Gasteiger partial charge in [0.1, 0.15) is 6.07 Å². The van der Waals surface area contributed by atoms with Crippen molar-refractivity contribution >= 4 is 22.5 Å². The van der Waals surface area contributed by atoms with Crippen molar-refractivity contribution in [2.24, 2.45) is 0 Å². The molecule has 0 aliphatic heterocycles. The molecule has 0 aliphatic rings. The second-order valence-corrected chi connectivity index (χ2v) is 3.10. The molecule has 0 bridgehead atoms. The molecule has 0 aliphatic carbocycles. The smallest absolute Gasteiger partial charge is 0.258 e. The van der Waals surface area contributed by atoms with Crippen molar-refractivity contribution in [3.63, 3.8) is 0 Å². The van der Waals surface area contributed by atoms with Crippen molar-refractivity contribution in [1.29, 1.82) is 5.26 Å². The Balaban J connectivity index is 0.000000583. The first-order valence-corrected chi connectivity index (χ1v) is 4.64. The van der Waals surface area contributed by atoms with Crippen LogP contribution in [0.4, 0.5) is 5.00 Å². The molecule has 1 aromatic rings. The van der Waals surface area contributed by atoms with Crippen LogP contribution in [-0.2, 0) is 16.0 Å². The molecule has 0 fully saturated rings. The van der Waals surface area contributed by atoms with Crippen LogP contribution in [0.3, 0.4) is 0 Å². The highest BCUT2D eigenvalue weighted by Gasteiger charge is 2.18. The zero-order chi connectivity index (χ0) is 11.8. The van der Waals surface area contributed by atoms with Crippen molar-refractivity contribution in [3.05, 3.63) is 26.6 Å². The summed E-state index contributed by atoms with van der Waals surface area (Å²) in [5.74, 6) is 0. The number of nitro groups is 1. The van der Waals surface area contributed by atoms with E-state index in [0.717, 1.165) is 11.3 Å². The van der Waals surface area contributed by atoms with E-state index in [1.165, 1.54) is 5.38 Å². The maximum absolute atomic E-state index is 10.4. The molecule has 1 aromatic heterocycles. The zero-order valence-corrected chi connectivity index (χ0v) is 8.54. The monoisotopic (exact) mass is 226 g/mol. The van der Waals surface area contributed by atoms with Crippen LogP contribution in [-0.4, -0.2) is 11.1 Å². The average molecular weight is 226 g/mol. The van der Waals surface area contributed by atoms with Crippen molar-refractivity contribution in [3.8, 4) is 6.07 Å². The molecule has 0 saturated carbocycles. The molecule has 0 atom stereocenters. The Hall–Kier alpha value is -2.03. The minimum absolute atomic E-state index is 0.0917. The van der Waals surface area contributed by atoms with Gasteiger partial charge in [0, 0.05) is 5.38 Å². The van der Waals surface area contributed by atoms with Crippen molar-refractivity contribution in [2.75, 3.05) is 0 Å². The summed E-state index contributed by atoms with van der Waals surface area (Å²) >= 11 is 1.01. The summed E-state index contributed by atoms with van der Waals surface area (Å²) in [6.45, 7) is 1.80. The number of thiophene rings is 1. The maximum atomic E-state index is 10.4. The molecule has 1 rings (SSSR count). The van der Waals surface area contributed by atoms with Gasteiger partial charge in [0.25, 0.3) is 0 Å². The SMILES string of the molecule is CCc1c(C#N)csc1[N+](=O)[O-].O=C=O. The average Bonchev–Trinajstić information content (AvgIpc) is 2.61. The van der Waals surface area contributed by atoms with Crippen LogP contribution in [0.1, 0.15) is 18.1 Å². The minimum Gasteiger partial charge on any atom is -0.258 e. The maximum Gasteiger partial charge on any atom is 0.373 e. The lowest BCUT2D eigenvalue weighted by Crippen LogP contribution is -1.90. The van der Waals surface area contributed by atoms with Crippen LogP contribution >= 0.6 is 11.3 Å². The largest absolute Gasteiger partial charge is 0.373 e. The highest BCUT2D eigenvalue weighted by atomic mass is 32.1. The van der Waals surface area contributed by atoms with Crippen LogP contribution in [0, 0.1) is 21.4 Å². The summed E-state index contributed by atoms with van der Waals surface area (Å²) < 4.78 is 0. The van der Waals surface area contributed by atoms with Gasteiger partial charge in [-0.05, 0) is 6.42 Å². The molecule has 15 heavy (non-hydrogen) atoms. The second-order valence-electron chi connectivity index (χ2n) is 2.24. The third kappa shape index (κ3) is 3.31. The predicted molar refractivity (Wildman–Crippen MR) is 50.1 cm³/mol. The fraction of sp³-hybridized carbons (Fsp3) is 0.250. The van der Waals surface area contributed by atoms with E-state index in [9.17, 15) is 10.1 Å². The number of nitriles is 1. The Labute approximate surface area is 88.9 Å². The number of hydrogen-bond acceptors (Lipinski definition) is 6. The summed E-state index contributed by atoms with van der Waals surface area (Å²) in [6, 6.07) is 1.93. The Morgan fingerprint density at radius 2 is 2.13 bits per heavy atom. The number of rotatable bonds is 2. The van der Waals surface area contributed by atoms with Crippen LogP contribution in [0.2, 0.25) is 0 Å². The van der Waals surface area contributed by atoms with E-state index < -0.39 is 4.92 Å². The summed E-state index contributed by atoms with van der Waals surface area (Å²) in [7, 11) is 0. The number of nitrogens with zero attached hydrogens (tertiary/aromatic N) is 2. The van der Waals surface area contributed by atoms with Gasteiger partial charge in [0.2, 0.25) is 0 Å². The predicted octanol–water partition coefficient (Wildman–Crippen LogP) is 1.51. The van der Waals surface area contributed by atoms with E-state index in [2.05, 4.69) is 0 Å². The van der Waals surface area contributed by atoms with E-state index in [1.807, 2.05) is 6.07 Å². The lowest BCUT2D eigenvalue weighted by atomic mass is 10.1. The molecule has 6 nitrogen and oxygen atoms in total. The quantitative estimate of drug-likeness (QED) is 0.561. The summed E-state index contributed by atoms with van der Waals surface area (Å²) in [5.41, 5.74) is 0.974. The van der Waals surface area contributed by atoms with Gasteiger partial charge in [-0.1, -0.05) is 18.3 Å². The summed E-state index contributed by atoms with van der Waals surface area (Å²) in [6.07, 6.45) is 0.780. The fourth-order valence-corrected chi connectivity index (χ4v) is 1.87. The molecule has 0 saturated heterocycles. The fourth-order valence-electron chi connectivity index (χ4n) is 0.961. The molecule has 1 heterocycles. The van der Waals surface area contributed by atoms with E-state index in [4.69, 9.17) is 14.9 Å². The molecule has 78 valence electrons. The van der Waals surface area contributed by atoms with E-state index >= 15 is 0 Å². The molecule has 0 spiro atoms. The lowest BCUT2D eigenvalue weighted by Gasteiger charge is -1.90. The number of carbonyl (C=O) groups excluding carboxylic acids is 2. The first-order valence-electron chi connectivity index (χ1n) is 3.76. The molecular formula is C8H6N2O4S.